The lowest BCUT2D eigenvalue weighted by molar-refractivity contribution is 0.682. The van der Waals surface area contributed by atoms with Crippen LogP contribution in [-0.2, 0) is 0 Å². The van der Waals surface area contributed by atoms with Crippen molar-refractivity contribution in [3.8, 4) is 0 Å². The minimum absolute atomic E-state index is 0.528. The molecule has 1 saturated carbocycles. The molecule has 0 atom stereocenters. The molecular formula is C18H34N2S. The van der Waals surface area contributed by atoms with Crippen LogP contribution in [0.4, 0.5) is 0 Å². The van der Waals surface area contributed by atoms with E-state index in [-0.39, 0.29) is 0 Å². The van der Waals surface area contributed by atoms with Crippen LogP contribution in [0.3, 0.4) is 0 Å². The maximum atomic E-state index is 7.85. The zero-order valence-electron chi connectivity index (χ0n) is 14.4. The van der Waals surface area contributed by atoms with Crippen LogP contribution in [-0.4, -0.2) is 12.8 Å². The largest absolute Gasteiger partial charge is 0.333 e. The van der Waals surface area contributed by atoms with Gasteiger partial charge < -0.3 is 11.1 Å². The summed E-state index contributed by atoms with van der Waals surface area (Å²) in [6.07, 6.45) is 6.57. The molecule has 0 aliphatic heterocycles. The minimum atomic E-state index is 0.528. The van der Waals surface area contributed by atoms with Gasteiger partial charge in [0.1, 0.15) is 0 Å². The van der Waals surface area contributed by atoms with E-state index in [9.17, 15) is 0 Å². The third-order valence-electron chi connectivity index (χ3n) is 2.20. The van der Waals surface area contributed by atoms with E-state index in [0.29, 0.717) is 11.6 Å². The fourth-order valence-electron chi connectivity index (χ4n) is 1.25. The van der Waals surface area contributed by atoms with Gasteiger partial charge in [0.05, 0.1) is 0 Å². The summed E-state index contributed by atoms with van der Waals surface area (Å²) < 4.78 is 0. The molecule has 0 heterocycles. The molecule has 1 fully saturated rings. The quantitative estimate of drug-likeness (QED) is 0.497. The molecule has 0 unspecified atom stereocenters. The lowest BCUT2D eigenvalue weighted by atomic mass is 10.0. The molecule has 0 aromatic heterocycles. The third kappa shape index (κ3) is 15.4. The number of benzene rings is 1. The van der Waals surface area contributed by atoms with Gasteiger partial charge in [0.25, 0.3) is 0 Å². The first-order valence-electron chi connectivity index (χ1n) is 7.96. The van der Waals surface area contributed by atoms with E-state index < -0.39 is 0 Å². The van der Waals surface area contributed by atoms with Crippen molar-refractivity contribution in [2.75, 3.05) is 7.05 Å². The molecule has 0 bridgehead atoms. The van der Waals surface area contributed by atoms with Crippen LogP contribution in [0.1, 0.15) is 65.4 Å². The van der Waals surface area contributed by atoms with Crippen molar-refractivity contribution >= 4 is 18.3 Å². The number of nitrogens with one attached hydrogen (secondary N) is 1. The van der Waals surface area contributed by atoms with E-state index in [1.54, 1.807) is 0 Å². The Kier molecular flexibility index (Phi) is 16.7. The summed E-state index contributed by atoms with van der Waals surface area (Å²) in [5, 5.41) is 7.85. The minimum Gasteiger partial charge on any atom is -0.333 e. The average Bonchev–Trinajstić information content (AvgIpc) is 3.30. The van der Waals surface area contributed by atoms with Crippen molar-refractivity contribution in [1.82, 2.24) is 0 Å². The molecule has 1 aromatic rings. The monoisotopic (exact) mass is 310 g/mol. The first-order valence-corrected chi connectivity index (χ1v) is 8.41. The standard InChI is InChI=1S/C11H15NS.C3H6.C3H8.CH5N/c1-8(2)7-10(12)9-5-3-4-6-11(9)13;1-2-3-1;1-3-2;1-2/h3-6,8,12-13H,7H2,1-2H3;1-3H2;3H2,1-2H3;2H2,1H3. The second kappa shape index (κ2) is 15.6. The molecule has 0 saturated heterocycles. The van der Waals surface area contributed by atoms with Crippen molar-refractivity contribution < 1.29 is 0 Å². The maximum absolute atomic E-state index is 7.85. The van der Waals surface area contributed by atoms with Gasteiger partial charge in [-0.05, 0) is 25.5 Å². The Labute approximate surface area is 137 Å². The summed E-state index contributed by atoms with van der Waals surface area (Å²) in [6.45, 7) is 8.49. The van der Waals surface area contributed by atoms with Gasteiger partial charge in [0.15, 0.2) is 0 Å². The SMILES string of the molecule is C1CC1.CC(C)CC(=N)c1ccccc1S.CCC.CN. The van der Waals surface area contributed by atoms with Gasteiger partial charge in [-0.2, -0.15) is 0 Å². The average molecular weight is 311 g/mol. The fourth-order valence-corrected chi connectivity index (χ4v) is 1.54. The highest BCUT2D eigenvalue weighted by Gasteiger charge is 2.06. The van der Waals surface area contributed by atoms with Gasteiger partial charge in [0.2, 0.25) is 0 Å². The zero-order chi connectivity index (χ0) is 16.7. The predicted molar refractivity (Wildman–Crippen MR) is 99.9 cm³/mol. The Hall–Kier alpha value is -0.800. The molecule has 2 nitrogen and oxygen atoms in total. The predicted octanol–water partition coefficient (Wildman–Crippen LogP) is 5.55. The van der Waals surface area contributed by atoms with Crippen molar-refractivity contribution in [3.63, 3.8) is 0 Å². The molecule has 0 radical (unpaired) electrons. The van der Waals surface area contributed by atoms with Crippen LogP contribution in [0.25, 0.3) is 0 Å². The summed E-state index contributed by atoms with van der Waals surface area (Å²) in [4.78, 5) is 0.896. The summed E-state index contributed by atoms with van der Waals surface area (Å²) >= 11 is 4.32. The number of rotatable bonds is 3. The van der Waals surface area contributed by atoms with Crippen LogP contribution in [0.2, 0.25) is 0 Å². The van der Waals surface area contributed by atoms with E-state index in [1.807, 2.05) is 24.3 Å². The fraction of sp³-hybridized carbons (Fsp3) is 0.611. The number of thiol groups is 1. The Morgan fingerprint density at radius 2 is 1.57 bits per heavy atom. The van der Waals surface area contributed by atoms with Crippen LogP contribution in [0, 0.1) is 11.3 Å². The molecular weight excluding hydrogens is 276 g/mol. The van der Waals surface area contributed by atoms with Gasteiger partial charge >= 0.3 is 0 Å². The second-order valence-corrected chi connectivity index (χ2v) is 5.84. The topological polar surface area (TPSA) is 49.9 Å². The van der Waals surface area contributed by atoms with E-state index >= 15 is 0 Å². The van der Waals surface area contributed by atoms with Crippen LogP contribution in [0.5, 0.6) is 0 Å². The molecule has 3 heteroatoms. The summed E-state index contributed by atoms with van der Waals surface area (Å²) in [6, 6.07) is 7.76. The normalized spacial score (nSPS) is 11.0. The van der Waals surface area contributed by atoms with Gasteiger partial charge in [0, 0.05) is 16.2 Å². The summed E-state index contributed by atoms with van der Waals surface area (Å²) in [5.41, 5.74) is 6.14. The number of hydrogen-bond acceptors (Lipinski definition) is 3. The van der Waals surface area contributed by atoms with E-state index in [0.717, 1.165) is 16.9 Å². The highest BCUT2D eigenvalue weighted by Crippen LogP contribution is 2.16. The zero-order valence-corrected chi connectivity index (χ0v) is 15.3. The highest BCUT2D eigenvalue weighted by molar-refractivity contribution is 7.80. The number of hydrogen-bond donors (Lipinski definition) is 3. The Morgan fingerprint density at radius 1 is 1.14 bits per heavy atom. The van der Waals surface area contributed by atoms with Crippen molar-refractivity contribution in [2.24, 2.45) is 11.7 Å². The molecule has 1 aliphatic carbocycles. The van der Waals surface area contributed by atoms with E-state index in [4.69, 9.17) is 5.41 Å². The summed E-state index contributed by atoms with van der Waals surface area (Å²) in [7, 11) is 1.50. The highest BCUT2D eigenvalue weighted by atomic mass is 32.1. The molecule has 21 heavy (non-hydrogen) atoms. The summed E-state index contributed by atoms with van der Waals surface area (Å²) in [5.74, 6) is 0.528. The van der Waals surface area contributed by atoms with Crippen molar-refractivity contribution in [1.29, 1.82) is 5.41 Å². The Morgan fingerprint density at radius 3 is 1.90 bits per heavy atom. The van der Waals surface area contributed by atoms with Gasteiger partial charge in [-0.25, -0.2) is 0 Å². The molecule has 122 valence electrons. The lowest BCUT2D eigenvalue weighted by Gasteiger charge is -2.08. The molecule has 1 aromatic carbocycles. The van der Waals surface area contributed by atoms with Gasteiger partial charge in [-0.15, -0.1) is 12.6 Å². The Balaban J connectivity index is 0. The van der Waals surface area contributed by atoms with Gasteiger partial charge in [-0.3, -0.25) is 0 Å². The van der Waals surface area contributed by atoms with E-state index in [2.05, 4.69) is 46.1 Å². The molecule has 0 amide bonds. The van der Waals surface area contributed by atoms with Gasteiger partial charge in [-0.1, -0.05) is 71.6 Å². The second-order valence-electron chi connectivity index (χ2n) is 5.36. The Bertz CT molecular complexity index is 357. The van der Waals surface area contributed by atoms with Crippen LogP contribution < -0.4 is 5.73 Å². The van der Waals surface area contributed by atoms with Crippen molar-refractivity contribution in [2.45, 2.75) is 64.7 Å². The third-order valence-corrected chi connectivity index (χ3v) is 2.59. The smallest absolute Gasteiger partial charge is 0.0399 e. The number of nitrogens with two attached hydrogens (primary N) is 1. The van der Waals surface area contributed by atoms with Crippen LogP contribution in [0.15, 0.2) is 29.2 Å². The van der Waals surface area contributed by atoms with Crippen molar-refractivity contribution in [3.05, 3.63) is 29.8 Å². The van der Waals surface area contributed by atoms with Crippen LogP contribution >= 0.6 is 12.6 Å². The van der Waals surface area contributed by atoms with E-state index in [1.165, 1.54) is 32.7 Å². The first-order chi connectivity index (χ1) is 10.0. The molecule has 3 N–H and O–H groups in total. The first kappa shape index (κ1) is 22.5. The lowest BCUT2D eigenvalue weighted by Crippen LogP contribution is -2.04. The maximum Gasteiger partial charge on any atom is 0.0399 e. The molecule has 1 aliphatic rings. The molecule has 2 rings (SSSR count). The molecule has 0 spiro atoms.